The van der Waals surface area contributed by atoms with Gasteiger partial charge in [-0.3, -0.25) is 4.79 Å². The Morgan fingerprint density at radius 1 is 1.13 bits per heavy atom. The number of amides is 1. The number of carbonyl (C=O) groups is 1. The molecule has 2 aromatic carbocycles. The van der Waals surface area contributed by atoms with E-state index in [1.807, 2.05) is 24.3 Å². The highest BCUT2D eigenvalue weighted by atomic mass is 32.2. The lowest BCUT2D eigenvalue weighted by atomic mass is 9.98. The van der Waals surface area contributed by atoms with E-state index < -0.39 is 10.0 Å². The highest BCUT2D eigenvalue weighted by molar-refractivity contribution is 7.89. The third-order valence-corrected chi connectivity index (χ3v) is 7.37. The van der Waals surface area contributed by atoms with Crippen LogP contribution in [0.25, 0.3) is 0 Å². The smallest absolute Gasteiger partial charge is 0.243 e. The first kappa shape index (κ1) is 22.3. The zero-order chi connectivity index (χ0) is 21.6. The van der Waals surface area contributed by atoms with Crippen molar-refractivity contribution >= 4 is 21.6 Å². The second-order valence-corrected chi connectivity index (χ2v) is 9.61. The van der Waals surface area contributed by atoms with Crippen LogP contribution in [-0.2, 0) is 21.2 Å². The van der Waals surface area contributed by atoms with Gasteiger partial charge in [0.2, 0.25) is 15.9 Å². The maximum absolute atomic E-state index is 13.0. The Balaban J connectivity index is 1.63. The third-order valence-electron chi connectivity index (χ3n) is 5.49. The SMILES string of the molecule is CCCCc1ccc(NC(=O)[C@H]2CCCN(S(=O)(=O)c3ccc(OC)cc3)C2)cc1. The van der Waals surface area contributed by atoms with Crippen LogP contribution in [0.2, 0.25) is 0 Å². The summed E-state index contributed by atoms with van der Waals surface area (Å²) in [5.74, 6) is 0.100. The summed E-state index contributed by atoms with van der Waals surface area (Å²) in [7, 11) is -2.11. The number of methoxy groups -OCH3 is 1. The molecule has 0 aromatic heterocycles. The molecule has 1 saturated heterocycles. The molecule has 162 valence electrons. The number of ether oxygens (including phenoxy) is 1. The lowest BCUT2D eigenvalue weighted by Crippen LogP contribution is -2.43. The molecule has 0 bridgehead atoms. The topological polar surface area (TPSA) is 75.7 Å². The van der Waals surface area contributed by atoms with Crippen LogP contribution in [0, 0.1) is 5.92 Å². The number of piperidine rings is 1. The zero-order valence-corrected chi connectivity index (χ0v) is 18.5. The molecule has 1 N–H and O–H groups in total. The molecule has 0 radical (unpaired) electrons. The van der Waals surface area contributed by atoms with Crippen molar-refractivity contribution in [3.63, 3.8) is 0 Å². The van der Waals surface area contributed by atoms with Gasteiger partial charge < -0.3 is 10.1 Å². The largest absolute Gasteiger partial charge is 0.497 e. The number of benzene rings is 2. The van der Waals surface area contributed by atoms with E-state index in [1.54, 1.807) is 12.1 Å². The van der Waals surface area contributed by atoms with Gasteiger partial charge >= 0.3 is 0 Å². The molecule has 1 aliphatic rings. The lowest BCUT2D eigenvalue weighted by Gasteiger charge is -2.31. The molecule has 3 rings (SSSR count). The van der Waals surface area contributed by atoms with Crippen molar-refractivity contribution in [2.45, 2.75) is 43.9 Å². The molecule has 0 saturated carbocycles. The predicted molar refractivity (Wildman–Crippen MR) is 118 cm³/mol. The lowest BCUT2D eigenvalue weighted by molar-refractivity contribution is -0.120. The third kappa shape index (κ3) is 5.40. The summed E-state index contributed by atoms with van der Waals surface area (Å²) in [4.78, 5) is 13.0. The van der Waals surface area contributed by atoms with E-state index in [0.29, 0.717) is 25.1 Å². The van der Waals surface area contributed by atoms with E-state index in [-0.39, 0.29) is 23.3 Å². The Morgan fingerprint density at radius 3 is 2.47 bits per heavy atom. The number of nitrogens with zero attached hydrogens (tertiary/aromatic N) is 1. The zero-order valence-electron chi connectivity index (χ0n) is 17.6. The van der Waals surface area contributed by atoms with Crippen molar-refractivity contribution in [2.24, 2.45) is 5.92 Å². The van der Waals surface area contributed by atoms with Gasteiger partial charge in [-0.25, -0.2) is 8.42 Å². The maximum Gasteiger partial charge on any atom is 0.243 e. The molecule has 30 heavy (non-hydrogen) atoms. The molecule has 2 aromatic rings. The van der Waals surface area contributed by atoms with E-state index in [9.17, 15) is 13.2 Å². The van der Waals surface area contributed by atoms with Gasteiger partial charge in [-0.2, -0.15) is 4.31 Å². The van der Waals surface area contributed by atoms with Crippen molar-refractivity contribution in [2.75, 3.05) is 25.5 Å². The van der Waals surface area contributed by atoms with Crippen LogP contribution in [-0.4, -0.2) is 38.8 Å². The summed E-state index contributed by atoms with van der Waals surface area (Å²) in [6.45, 7) is 2.77. The number of hydrogen-bond acceptors (Lipinski definition) is 4. The van der Waals surface area contributed by atoms with Crippen LogP contribution < -0.4 is 10.1 Å². The van der Waals surface area contributed by atoms with Crippen molar-refractivity contribution in [3.8, 4) is 5.75 Å². The van der Waals surface area contributed by atoms with Crippen molar-refractivity contribution in [3.05, 3.63) is 54.1 Å². The van der Waals surface area contributed by atoms with E-state index in [0.717, 1.165) is 24.9 Å². The van der Waals surface area contributed by atoms with Crippen LogP contribution in [0.5, 0.6) is 5.75 Å². The van der Waals surface area contributed by atoms with Crippen molar-refractivity contribution < 1.29 is 17.9 Å². The number of nitrogens with one attached hydrogen (secondary N) is 1. The summed E-state index contributed by atoms with van der Waals surface area (Å²) in [6, 6.07) is 14.2. The molecule has 1 amide bonds. The molecule has 1 heterocycles. The Bertz CT molecular complexity index is 940. The number of anilines is 1. The van der Waals surface area contributed by atoms with E-state index >= 15 is 0 Å². The summed E-state index contributed by atoms with van der Waals surface area (Å²) in [5.41, 5.74) is 2.00. The fourth-order valence-corrected chi connectivity index (χ4v) is 5.18. The van der Waals surface area contributed by atoms with Crippen LogP contribution >= 0.6 is 0 Å². The summed E-state index contributed by atoms with van der Waals surface area (Å²) >= 11 is 0. The fraction of sp³-hybridized carbons (Fsp3) is 0.435. The second-order valence-electron chi connectivity index (χ2n) is 7.67. The van der Waals surface area contributed by atoms with Gasteiger partial charge in [-0.15, -0.1) is 0 Å². The Kier molecular flexibility index (Phi) is 7.50. The minimum atomic E-state index is -3.64. The van der Waals surface area contributed by atoms with Gasteiger partial charge in [0, 0.05) is 18.8 Å². The molecular formula is C23H30N2O4S. The van der Waals surface area contributed by atoms with Gasteiger partial charge in [0.15, 0.2) is 0 Å². The van der Waals surface area contributed by atoms with Crippen LogP contribution in [0.1, 0.15) is 38.2 Å². The van der Waals surface area contributed by atoms with Gasteiger partial charge in [0.05, 0.1) is 17.9 Å². The predicted octanol–water partition coefficient (Wildman–Crippen LogP) is 4.08. The van der Waals surface area contributed by atoms with Crippen LogP contribution in [0.4, 0.5) is 5.69 Å². The molecule has 0 aliphatic carbocycles. The normalized spacial score (nSPS) is 17.5. The molecule has 0 spiro atoms. The van der Waals surface area contributed by atoms with Crippen molar-refractivity contribution in [1.29, 1.82) is 0 Å². The summed E-state index contributed by atoms with van der Waals surface area (Å²) in [6.07, 6.45) is 4.66. The van der Waals surface area contributed by atoms with E-state index in [2.05, 4.69) is 12.2 Å². The number of aryl methyl sites for hydroxylation is 1. The molecular weight excluding hydrogens is 400 g/mol. The number of sulfonamides is 1. The number of hydrogen-bond donors (Lipinski definition) is 1. The first-order chi connectivity index (χ1) is 14.4. The van der Waals surface area contributed by atoms with E-state index in [4.69, 9.17) is 4.74 Å². The average molecular weight is 431 g/mol. The first-order valence-corrected chi connectivity index (χ1v) is 11.9. The number of rotatable bonds is 8. The Hall–Kier alpha value is -2.38. The molecule has 6 nitrogen and oxygen atoms in total. The second kappa shape index (κ2) is 10.1. The fourth-order valence-electron chi connectivity index (χ4n) is 3.65. The number of unbranched alkanes of at least 4 members (excludes halogenated alkanes) is 1. The standard InChI is InChI=1S/C23H30N2O4S/c1-3-4-6-18-8-10-20(11-9-18)24-23(26)19-7-5-16-25(17-19)30(27,28)22-14-12-21(29-2)13-15-22/h8-15,19H,3-7,16-17H2,1-2H3,(H,24,26)/t19-/m0/s1. The van der Waals surface area contributed by atoms with Gasteiger partial charge in [-0.1, -0.05) is 25.5 Å². The van der Waals surface area contributed by atoms with Gasteiger partial charge in [-0.05, 0) is 67.6 Å². The monoisotopic (exact) mass is 430 g/mol. The van der Waals surface area contributed by atoms with E-state index in [1.165, 1.54) is 29.1 Å². The molecule has 1 aliphatic heterocycles. The number of carbonyl (C=O) groups excluding carboxylic acids is 1. The molecule has 1 atom stereocenters. The Morgan fingerprint density at radius 2 is 1.83 bits per heavy atom. The first-order valence-electron chi connectivity index (χ1n) is 10.5. The molecule has 7 heteroatoms. The molecule has 1 fully saturated rings. The summed E-state index contributed by atoms with van der Waals surface area (Å²) in [5, 5.41) is 2.94. The minimum Gasteiger partial charge on any atom is -0.497 e. The highest BCUT2D eigenvalue weighted by Gasteiger charge is 2.33. The van der Waals surface area contributed by atoms with Gasteiger partial charge in [0.1, 0.15) is 5.75 Å². The average Bonchev–Trinajstić information content (AvgIpc) is 2.78. The highest BCUT2D eigenvalue weighted by Crippen LogP contribution is 2.26. The minimum absolute atomic E-state index is 0.133. The van der Waals surface area contributed by atoms with Crippen molar-refractivity contribution in [1.82, 2.24) is 4.31 Å². The maximum atomic E-state index is 13.0. The van der Waals surface area contributed by atoms with Crippen LogP contribution in [0.3, 0.4) is 0 Å². The summed E-state index contributed by atoms with van der Waals surface area (Å²) < 4.78 is 32.5. The Labute approximate surface area is 179 Å². The van der Waals surface area contributed by atoms with Gasteiger partial charge in [0.25, 0.3) is 0 Å². The quantitative estimate of drug-likeness (QED) is 0.685. The van der Waals surface area contributed by atoms with Crippen LogP contribution in [0.15, 0.2) is 53.4 Å². The molecule has 0 unspecified atom stereocenters.